The van der Waals surface area contributed by atoms with Crippen LogP contribution in [-0.4, -0.2) is 13.1 Å². The molecule has 0 radical (unpaired) electrons. The molecule has 1 nitrogen and oxygen atoms in total. The molecule has 2 heteroatoms. The fourth-order valence-electron chi connectivity index (χ4n) is 3.30. The normalized spacial score (nSPS) is 11.8. The molecular formula is C23H27NSi. The molecule has 0 aliphatic carbocycles. The minimum atomic E-state index is -1.40. The molecule has 25 heavy (non-hydrogen) atoms. The van der Waals surface area contributed by atoms with Crippen LogP contribution in [0.1, 0.15) is 25.3 Å². The molecule has 0 amide bonds. The zero-order chi connectivity index (χ0) is 18.0. The maximum atomic E-state index is 4.88. The van der Waals surface area contributed by atoms with Crippen LogP contribution in [-0.2, 0) is 0 Å². The van der Waals surface area contributed by atoms with Crippen molar-refractivity contribution in [2.24, 2.45) is 0 Å². The zero-order valence-corrected chi connectivity index (χ0v) is 16.9. The van der Waals surface area contributed by atoms with Gasteiger partial charge in [-0.25, -0.2) is 0 Å². The van der Waals surface area contributed by atoms with Gasteiger partial charge in [0.15, 0.2) is 0 Å². The molecular weight excluding hydrogens is 318 g/mol. The lowest BCUT2D eigenvalue weighted by Gasteiger charge is -2.23. The Morgan fingerprint density at radius 2 is 1.40 bits per heavy atom. The van der Waals surface area contributed by atoms with E-state index >= 15 is 0 Å². The van der Waals surface area contributed by atoms with Crippen molar-refractivity contribution in [1.29, 1.82) is 0 Å². The fourth-order valence-corrected chi connectivity index (χ4v) is 4.98. The minimum Gasteiger partial charge on any atom is -0.256 e. The molecule has 128 valence electrons. The predicted octanol–water partition coefficient (Wildman–Crippen LogP) is 6.08. The lowest BCUT2D eigenvalue weighted by Crippen LogP contribution is -2.40. The minimum absolute atomic E-state index is 0.507. The Hall–Kier alpha value is -2.19. The van der Waals surface area contributed by atoms with Crippen molar-refractivity contribution in [3.05, 3.63) is 72.4 Å². The van der Waals surface area contributed by atoms with Crippen LogP contribution in [0.5, 0.6) is 0 Å². The van der Waals surface area contributed by atoms with Crippen LogP contribution in [0.3, 0.4) is 0 Å². The molecule has 3 aromatic rings. The SMILES string of the molecule is CC(C)c1cc(-c2ccccc2-c2ccccc2)ncc1[Si](C)(C)C. The maximum absolute atomic E-state index is 4.88. The molecule has 0 unspecified atom stereocenters. The molecule has 0 spiro atoms. The highest BCUT2D eigenvalue weighted by Crippen LogP contribution is 2.32. The molecule has 0 N–H and O–H groups in total. The molecule has 0 aliphatic rings. The topological polar surface area (TPSA) is 12.9 Å². The summed E-state index contributed by atoms with van der Waals surface area (Å²) in [5, 5.41) is 1.48. The van der Waals surface area contributed by atoms with Gasteiger partial charge in [-0.3, -0.25) is 4.98 Å². The van der Waals surface area contributed by atoms with E-state index in [-0.39, 0.29) is 0 Å². The van der Waals surface area contributed by atoms with Crippen LogP contribution in [0, 0.1) is 0 Å². The monoisotopic (exact) mass is 345 g/mol. The average Bonchev–Trinajstić information content (AvgIpc) is 2.61. The van der Waals surface area contributed by atoms with Gasteiger partial charge in [0.25, 0.3) is 0 Å². The van der Waals surface area contributed by atoms with E-state index in [0.717, 1.165) is 5.69 Å². The van der Waals surface area contributed by atoms with E-state index in [2.05, 4.69) is 100 Å². The Balaban J connectivity index is 2.17. The third kappa shape index (κ3) is 3.74. The summed E-state index contributed by atoms with van der Waals surface area (Å²) < 4.78 is 0. The van der Waals surface area contributed by atoms with E-state index in [0.29, 0.717) is 5.92 Å². The predicted molar refractivity (Wildman–Crippen MR) is 112 cm³/mol. The Morgan fingerprint density at radius 1 is 0.800 bits per heavy atom. The summed E-state index contributed by atoms with van der Waals surface area (Å²) in [6, 6.07) is 21.5. The highest BCUT2D eigenvalue weighted by atomic mass is 28.3. The second-order valence-corrected chi connectivity index (χ2v) is 13.0. The molecule has 0 saturated heterocycles. The molecule has 0 fully saturated rings. The molecule has 0 atom stereocenters. The van der Waals surface area contributed by atoms with E-state index in [4.69, 9.17) is 4.98 Å². The summed E-state index contributed by atoms with van der Waals surface area (Å²) >= 11 is 0. The van der Waals surface area contributed by atoms with Crippen LogP contribution in [0.15, 0.2) is 66.9 Å². The van der Waals surface area contributed by atoms with E-state index in [1.165, 1.54) is 27.4 Å². The number of nitrogens with zero attached hydrogens (tertiary/aromatic N) is 1. The van der Waals surface area contributed by atoms with Crippen molar-refractivity contribution in [1.82, 2.24) is 4.98 Å². The van der Waals surface area contributed by atoms with Gasteiger partial charge in [0.05, 0.1) is 13.8 Å². The average molecular weight is 346 g/mol. The number of pyridine rings is 1. The van der Waals surface area contributed by atoms with Gasteiger partial charge in [-0.05, 0) is 33.9 Å². The van der Waals surface area contributed by atoms with Crippen molar-refractivity contribution in [3.8, 4) is 22.4 Å². The highest BCUT2D eigenvalue weighted by molar-refractivity contribution is 6.89. The van der Waals surface area contributed by atoms with Crippen molar-refractivity contribution in [2.75, 3.05) is 0 Å². The Labute approximate surface area is 152 Å². The summed E-state index contributed by atoms with van der Waals surface area (Å²) in [4.78, 5) is 4.88. The van der Waals surface area contributed by atoms with E-state index in [1.807, 2.05) is 0 Å². The van der Waals surface area contributed by atoms with Gasteiger partial charge in [0.2, 0.25) is 0 Å². The molecule has 2 aromatic carbocycles. The van der Waals surface area contributed by atoms with Crippen molar-refractivity contribution in [2.45, 2.75) is 39.4 Å². The Bertz CT molecular complexity index is 861. The third-order valence-corrected chi connectivity index (χ3v) is 6.69. The van der Waals surface area contributed by atoms with Crippen molar-refractivity contribution >= 4 is 13.3 Å². The van der Waals surface area contributed by atoms with Gasteiger partial charge in [0, 0.05) is 11.8 Å². The molecule has 0 aliphatic heterocycles. The summed E-state index contributed by atoms with van der Waals surface area (Å²) in [6.07, 6.45) is 2.14. The second kappa shape index (κ2) is 6.97. The Morgan fingerprint density at radius 3 is 2.00 bits per heavy atom. The highest BCUT2D eigenvalue weighted by Gasteiger charge is 2.23. The van der Waals surface area contributed by atoms with Gasteiger partial charge < -0.3 is 0 Å². The molecule has 1 aromatic heterocycles. The van der Waals surface area contributed by atoms with Crippen LogP contribution in [0.25, 0.3) is 22.4 Å². The third-order valence-electron chi connectivity index (χ3n) is 4.65. The number of hydrogen-bond donors (Lipinski definition) is 0. The summed E-state index contributed by atoms with van der Waals surface area (Å²) in [6.45, 7) is 11.8. The lowest BCUT2D eigenvalue weighted by molar-refractivity contribution is 0.870. The summed E-state index contributed by atoms with van der Waals surface area (Å²) in [7, 11) is -1.40. The van der Waals surface area contributed by atoms with Gasteiger partial charge in [-0.1, -0.05) is 88.1 Å². The largest absolute Gasteiger partial charge is 0.256 e. The standard InChI is InChI=1S/C23H27NSi/c1-17(2)21-15-22(24-16-23(21)25(3,4)5)20-14-10-9-13-19(20)18-11-7-6-8-12-18/h6-17H,1-5H3. The fraction of sp³-hybridized carbons (Fsp3) is 0.261. The van der Waals surface area contributed by atoms with Crippen molar-refractivity contribution < 1.29 is 0 Å². The second-order valence-electron chi connectivity index (χ2n) is 7.97. The zero-order valence-electron chi connectivity index (χ0n) is 15.9. The molecule has 0 bridgehead atoms. The van der Waals surface area contributed by atoms with Crippen LogP contribution >= 0.6 is 0 Å². The van der Waals surface area contributed by atoms with Crippen LogP contribution < -0.4 is 5.19 Å². The quantitative estimate of drug-likeness (QED) is 0.522. The van der Waals surface area contributed by atoms with Gasteiger partial charge in [0.1, 0.15) is 0 Å². The van der Waals surface area contributed by atoms with E-state index < -0.39 is 8.07 Å². The Kier molecular flexibility index (Phi) is 4.91. The van der Waals surface area contributed by atoms with Crippen LogP contribution in [0.2, 0.25) is 19.6 Å². The first kappa shape index (κ1) is 17.6. The lowest BCUT2D eigenvalue weighted by atomic mass is 9.95. The first-order valence-electron chi connectivity index (χ1n) is 9.03. The van der Waals surface area contributed by atoms with E-state index in [9.17, 15) is 0 Å². The molecule has 1 heterocycles. The van der Waals surface area contributed by atoms with Gasteiger partial charge in [-0.2, -0.15) is 0 Å². The van der Waals surface area contributed by atoms with Gasteiger partial charge >= 0.3 is 0 Å². The number of aromatic nitrogens is 1. The number of hydrogen-bond acceptors (Lipinski definition) is 1. The smallest absolute Gasteiger partial charge is 0.0799 e. The first-order valence-corrected chi connectivity index (χ1v) is 12.5. The molecule has 0 saturated carbocycles. The molecule has 3 rings (SSSR count). The van der Waals surface area contributed by atoms with Crippen molar-refractivity contribution in [3.63, 3.8) is 0 Å². The summed E-state index contributed by atoms with van der Waals surface area (Å²) in [5.74, 6) is 0.507. The van der Waals surface area contributed by atoms with Gasteiger partial charge in [-0.15, -0.1) is 0 Å². The first-order chi connectivity index (χ1) is 11.9. The summed E-state index contributed by atoms with van der Waals surface area (Å²) in [5.41, 5.74) is 6.21. The van der Waals surface area contributed by atoms with Crippen LogP contribution in [0.4, 0.5) is 0 Å². The van der Waals surface area contributed by atoms with E-state index in [1.54, 1.807) is 0 Å². The number of benzene rings is 2. The number of rotatable bonds is 4. The maximum Gasteiger partial charge on any atom is 0.0799 e.